The molecule has 0 heterocycles. The lowest BCUT2D eigenvalue weighted by molar-refractivity contribution is 0.201. The van der Waals surface area contributed by atoms with Crippen LogP contribution in [-0.2, 0) is 0 Å². The summed E-state index contributed by atoms with van der Waals surface area (Å²) < 4.78 is 0. The number of nitrogens with two attached hydrogens (primary N) is 1. The quantitative estimate of drug-likeness (QED) is 0.502. The van der Waals surface area contributed by atoms with Gasteiger partial charge in [0.25, 0.3) is 0 Å². The molecule has 108 valence electrons. The Morgan fingerprint density at radius 2 is 1.78 bits per heavy atom. The molecule has 0 bridgehead atoms. The minimum absolute atomic E-state index is 0.555. The van der Waals surface area contributed by atoms with E-state index in [0.29, 0.717) is 6.04 Å². The summed E-state index contributed by atoms with van der Waals surface area (Å²) in [5.41, 5.74) is 3.09. The van der Waals surface area contributed by atoms with E-state index in [9.17, 15) is 0 Å². The van der Waals surface area contributed by atoms with Crippen molar-refractivity contribution in [2.24, 2.45) is 23.6 Å². The second kappa shape index (κ2) is 8.92. The second-order valence-electron chi connectivity index (χ2n) is 6.67. The lowest BCUT2D eigenvalue weighted by Gasteiger charge is -2.34. The molecular formula is C16H34N2. The monoisotopic (exact) mass is 254 g/mol. The summed E-state index contributed by atoms with van der Waals surface area (Å²) in [6.07, 6.45) is 12.4. The van der Waals surface area contributed by atoms with Gasteiger partial charge in [-0.2, -0.15) is 0 Å². The van der Waals surface area contributed by atoms with Crippen LogP contribution in [0.25, 0.3) is 0 Å². The maximum Gasteiger partial charge on any atom is 0.0238 e. The van der Waals surface area contributed by atoms with Gasteiger partial charge >= 0.3 is 0 Å². The summed E-state index contributed by atoms with van der Waals surface area (Å²) in [5, 5.41) is 0. The zero-order valence-corrected chi connectivity index (χ0v) is 12.8. The maximum atomic E-state index is 5.75. The van der Waals surface area contributed by atoms with E-state index in [0.717, 1.165) is 17.8 Å². The van der Waals surface area contributed by atoms with Crippen LogP contribution in [0.3, 0.4) is 0 Å². The average Bonchev–Trinajstić information content (AvgIpc) is 2.38. The molecule has 0 aromatic heterocycles. The van der Waals surface area contributed by atoms with Gasteiger partial charge in [-0.05, 0) is 43.4 Å². The molecule has 0 spiro atoms. The molecule has 18 heavy (non-hydrogen) atoms. The molecule has 2 nitrogen and oxygen atoms in total. The molecule has 0 aliphatic heterocycles. The highest BCUT2D eigenvalue weighted by atomic mass is 15.2. The van der Waals surface area contributed by atoms with Crippen LogP contribution < -0.4 is 11.3 Å². The van der Waals surface area contributed by atoms with E-state index in [1.807, 2.05) is 0 Å². The molecule has 1 rings (SSSR count). The normalized spacial score (nSPS) is 26.5. The third kappa shape index (κ3) is 5.71. The smallest absolute Gasteiger partial charge is 0.0238 e. The Kier molecular flexibility index (Phi) is 7.92. The zero-order valence-electron chi connectivity index (χ0n) is 12.8. The summed E-state index contributed by atoms with van der Waals surface area (Å²) >= 11 is 0. The fraction of sp³-hybridized carbons (Fsp3) is 1.00. The van der Waals surface area contributed by atoms with Gasteiger partial charge < -0.3 is 0 Å². The van der Waals surface area contributed by atoms with Gasteiger partial charge in [0.15, 0.2) is 0 Å². The molecule has 1 atom stereocenters. The Balaban J connectivity index is 2.26. The largest absolute Gasteiger partial charge is 0.271 e. The second-order valence-corrected chi connectivity index (χ2v) is 6.67. The topological polar surface area (TPSA) is 38.0 Å². The van der Waals surface area contributed by atoms with Crippen LogP contribution >= 0.6 is 0 Å². The number of hydrogen-bond acceptors (Lipinski definition) is 2. The highest BCUT2D eigenvalue weighted by Gasteiger charge is 2.26. The first-order valence-electron chi connectivity index (χ1n) is 8.13. The Morgan fingerprint density at radius 3 is 2.28 bits per heavy atom. The third-order valence-corrected chi connectivity index (χ3v) is 4.70. The fourth-order valence-electron chi connectivity index (χ4n) is 3.34. The van der Waals surface area contributed by atoms with Crippen LogP contribution in [0.4, 0.5) is 0 Å². The predicted molar refractivity (Wildman–Crippen MR) is 80.2 cm³/mol. The Morgan fingerprint density at radius 1 is 1.11 bits per heavy atom. The van der Waals surface area contributed by atoms with Crippen molar-refractivity contribution in [2.45, 2.75) is 84.6 Å². The highest BCUT2D eigenvalue weighted by molar-refractivity contribution is 4.81. The van der Waals surface area contributed by atoms with E-state index >= 15 is 0 Å². The molecule has 0 saturated heterocycles. The Hall–Kier alpha value is -0.0800. The van der Waals surface area contributed by atoms with Gasteiger partial charge in [0, 0.05) is 6.04 Å². The summed E-state index contributed by atoms with van der Waals surface area (Å²) in [7, 11) is 0. The van der Waals surface area contributed by atoms with E-state index in [-0.39, 0.29) is 0 Å². The van der Waals surface area contributed by atoms with Crippen molar-refractivity contribution >= 4 is 0 Å². The van der Waals surface area contributed by atoms with Crippen molar-refractivity contribution < 1.29 is 0 Å². The van der Waals surface area contributed by atoms with Gasteiger partial charge in [-0.3, -0.25) is 11.3 Å². The lowest BCUT2D eigenvalue weighted by atomic mass is 9.76. The standard InChI is InChI=1S/C16H34N2/c1-4-5-6-14-8-10-15(11-9-14)16(18-17)12-7-13(2)3/h13-16,18H,4-12,17H2,1-3H3. The SMILES string of the molecule is CCCCC1CCC(C(CCC(C)C)NN)CC1. The van der Waals surface area contributed by atoms with Crippen molar-refractivity contribution in [1.29, 1.82) is 0 Å². The van der Waals surface area contributed by atoms with Crippen molar-refractivity contribution in [3.05, 3.63) is 0 Å². The van der Waals surface area contributed by atoms with E-state index < -0.39 is 0 Å². The Bertz CT molecular complexity index is 195. The number of hydrogen-bond donors (Lipinski definition) is 2. The maximum absolute atomic E-state index is 5.75. The van der Waals surface area contributed by atoms with Crippen LogP contribution in [0.15, 0.2) is 0 Å². The van der Waals surface area contributed by atoms with Crippen molar-refractivity contribution in [3.8, 4) is 0 Å². The summed E-state index contributed by atoms with van der Waals surface area (Å²) in [4.78, 5) is 0. The summed E-state index contributed by atoms with van der Waals surface area (Å²) in [5.74, 6) is 8.38. The first-order chi connectivity index (χ1) is 8.67. The van der Waals surface area contributed by atoms with Crippen LogP contribution in [-0.4, -0.2) is 6.04 Å². The molecule has 0 aromatic rings. The minimum Gasteiger partial charge on any atom is -0.271 e. The molecule has 3 N–H and O–H groups in total. The van der Waals surface area contributed by atoms with Crippen LogP contribution in [0.2, 0.25) is 0 Å². The van der Waals surface area contributed by atoms with Crippen molar-refractivity contribution in [1.82, 2.24) is 5.43 Å². The lowest BCUT2D eigenvalue weighted by Crippen LogP contribution is -2.42. The first kappa shape index (κ1) is 16.0. The van der Waals surface area contributed by atoms with E-state index in [2.05, 4.69) is 26.2 Å². The molecule has 1 aliphatic carbocycles. The summed E-state index contributed by atoms with van der Waals surface area (Å²) in [6, 6.07) is 0.555. The zero-order chi connectivity index (χ0) is 13.4. The Labute approximate surface area is 114 Å². The molecule has 0 amide bonds. The van der Waals surface area contributed by atoms with E-state index in [1.165, 1.54) is 57.8 Å². The number of rotatable bonds is 8. The van der Waals surface area contributed by atoms with E-state index in [1.54, 1.807) is 0 Å². The average molecular weight is 254 g/mol. The summed E-state index contributed by atoms with van der Waals surface area (Å²) in [6.45, 7) is 6.90. The molecule has 0 aromatic carbocycles. The molecule has 0 radical (unpaired) electrons. The number of nitrogens with one attached hydrogen (secondary N) is 1. The molecule has 1 unspecified atom stereocenters. The fourth-order valence-corrected chi connectivity index (χ4v) is 3.34. The van der Waals surface area contributed by atoms with Gasteiger partial charge in [0.05, 0.1) is 0 Å². The third-order valence-electron chi connectivity index (χ3n) is 4.70. The molecular weight excluding hydrogens is 220 g/mol. The van der Waals surface area contributed by atoms with Crippen molar-refractivity contribution in [3.63, 3.8) is 0 Å². The molecule has 2 heteroatoms. The van der Waals surface area contributed by atoms with Gasteiger partial charge in [-0.25, -0.2) is 0 Å². The van der Waals surface area contributed by atoms with Crippen LogP contribution in [0, 0.1) is 17.8 Å². The number of unbranched alkanes of at least 4 members (excludes halogenated alkanes) is 1. The molecule has 1 aliphatic rings. The van der Waals surface area contributed by atoms with Crippen molar-refractivity contribution in [2.75, 3.05) is 0 Å². The van der Waals surface area contributed by atoms with Crippen LogP contribution in [0.1, 0.15) is 78.6 Å². The van der Waals surface area contributed by atoms with E-state index in [4.69, 9.17) is 5.84 Å². The van der Waals surface area contributed by atoms with Crippen LogP contribution in [0.5, 0.6) is 0 Å². The van der Waals surface area contributed by atoms with Gasteiger partial charge in [-0.1, -0.05) is 52.9 Å². The van der Waals surface area contributed by atoms with Gasteiger partial charge in [0.1, 0.15) is 0 Å². The first-order valence-corrected chi connectivity index (χ1v) is 8.13. The number of hydrazine groups is 1. The van der Waals surface area contributed by atoms with Gasteiger partial charge in [0.2, 0.25) is 0 Å². The predicted octanol–water partition coefficient (Wildman–Crippen LogP) is 4.25. The highest BCUT2D eigenvalue weighted by Crippen LogP contribution is 2.34. The molecule has 1 saturated carbocycles. The minimum atomic E-state index is 0.555. The van der Waals surface area contributed by atoms with Gasteiger partial charge in [-0.15, -0.1) is 0 Å². The molecule has 1 fully saturated rings.